The van der Waals surface area contributed by atoms with Crippen LogP contribution in [0.25, 0.3) is 11.3 Å². The van der Waals surface area contributed by atoms with Crippen molar-refractivity contribution in [3.8, 4) is 11.3 Å². The number of carbonyl (C=O) groups excluding carboxylic acids is 1. The van der Waals surface area contributed by atoms with Gasteiger partial charge in [0.05, 0.1) is 18.1 Å². The Balaban J connectivity index is 1.71. The molecule has 0 atom stereocenters. The molecule has 0 fully saturated rings. The SMILES string of the molecule is CCc1ccc(-c2[nH]ncc2C=NNC(=O)c2ccc(Cl)cc2)cc1. The molecule has 0 spiro atoms. The highest BCUT2D eigenvalue weighted by Crippen LogP contribution is 2.20. The average molecular weight is 353 g/mol. The first-order valence-corrected chi connectivity index (χ1v) is 8.27. The quantitative estimate of drug-likeness (QED) is 0.537. The summed E-state index contributed by atoms with van der Waals surface area (Å²) >= 11 is 5.81. The van der Waals surface area contributed by atoms with E-state index < -0.39 is 0 Å². The lowest BCUT2D eigenvalue weighted by Gasteiger charge is -2.02. The minimum absolute atomic E-state index is 0.301. The summed E-state index contributed by atoms with van der Waals surface area (Å²) in [5, 5.41) is 11.6. The number of aryl methyl sites for hydroxylation is 1. The zero-order valence-electron chi connectivity index (χ0n) is 13.7. The van der Waals surface area contributed by atoms with E-state index in [0.29, 0.717) is 10.6 Å². The van der Waals surface area contributed by atoms with E-state index in [4.69, 9.17) is 11.6 Å². The van der Waals surface area contributed by atoms with Crippen molar-refractivity contribution in [2.24, 2.45) is 5.10 Å². The minimum atomic E-state index is -0.301. The predicted octanol–water partition coefficient (Wildman–Crippen LogP) is 4.06. The molecule has 3 aromatic rings. The highest BCUT2D eigenvalue weighted by molar-refractivity contribution is 6.30. The zero-order valence-corrected chi connectivity index (χ0v) is 14.4. The van der Waals surface area contributed by atoms with Gasteiger partial charge in [0.15, 0.2) is 0 Å². The Labute approximate surface area is 150 Å². The van der Waals surface area contributed by atoms with Gasteiger partial charge in [0.2, 0.25) is 0 Å². The van der Waals surface area contributed by atoms with Crippen molar-refractivity contribution in [1.82, 2.24) is 15.6 Å². The van der Waals surface area contributed by atoms with Gasteiger partial charge in [-0.3, -0.25) is 9.89 Å². The standard InChI is InChI=1S/C19H17ClN4O/c1-2-13-3-5-14(6-4-13)18-16(11-21-23-18)12-22-24-19(25)15-7-9-17(20)10-8-15/h3-12H,2H2,1H3,(H,21,23)(H,24,25). The van der Waals surface area contributed by atoms with Crippen LogP contribution >= 0.6 is 11.6 Å². The molecule has 1 amide bonds. The summed E-state index contributed by atoms with van der Waals surface area (Å²) in [5.74, 6) is -0.301. The Morgan fingerprint density at radius 2 is 1.92 bits per heavy atom. The fourth-order valence-electron chi connectivity index (χ4n) is 2.36. The van der Waals surface area contributed by atoms with Gasteiger partial charge in [-0.25, -0.2) is 5.43 Å². The van der Waals surface area contributed by atoms with Crippen molar-refractivity contribution in [2.75, 3.05) is 0 Å². The Kier molecular flexibility index (Phi) is 5.26. The molecular formula is C19H17ClN4O. The second-order valence-electron chi connectivity index (χ2n) is 5.46. The number of hydrogen-bond acceptors (Lipinski definition) is 3. The summed E-state index contributed by atoms with van der Waals surface area (Å²) in [4.78, 5) is 12.0. The molecule has 2 N–H and O–H groups in total. The second-order valence-corrected chi connectivity index (χ2v) is 5.89. The first-order valence-electron chi connectivity index (χ1n) is 7.89. The van der Waals surface area contributed by atoms with Crippen molar-refractivity contribution < 1.29 is 4.79 Å². The minimum Gasteiger partial charge on any atom is -0.277 e. The number of aromatic nitrogens is 2. The number of amides is 1. The van der Waals surface area contributed by atoms with Crippen LogP contribution in [-0.2, 0) is 6.42 Å². The summed E-state index contributed by atoms with van der Waals surface area (Å²) in [6, 6.07) is 14.9. The molecule has 126 valence electrons. The van der Waals surface area contributed by atoms with Gasteiger partial charge >= 0.3 is 0 Å². The summed E-state index contributed by atoms with van der Waals surface area (Å²) < 4.78 is 0. The van der Waals surface area contributed by atoms with Crippen LogP contribution in [0.4, 0.5) is 0 Å². The summed E-state index contributed by atoms with van der Waals surface area (Å²) in [6.07, 6.45) is 4.23. The van der Waals surface area contributed by atoms with E-state index in [0.717, 1.165) is 23.2 Å². The molecule has 0 aliphatic carbocycles. The summed E-state index contributed by atoms with van der Waals surface area (Å²) in [5.41, 5.74) is 6.92. The normalized spacial score (nSPS) is 11.0. The van der Waals surface area contributed by atoms with Crippen LogP contribution in [0.2, 0.25) is 5.02 Å². The number of carbonyl (C=O) groups is 1. The summed E-state index contributed by atoms with van der Waals surface area (Å²) in [6.45, 7) is 2.12. The van der Waals surface area contributed by atoms with Crippen molar-refractivity contribution in [2.45, 2.75) is 13.3 Å². The molecule has 0 bridgehead atoms. The lowest BCUT2D eigenvalue weighted by atomic mass is 10.1. The molecule has 6 heteroatoms. The number of H-pyrrole nitrogens is 1. The molecule has 5 nitrogen and oxygen atoms in total. The predicted molar refractivity (Wildman–Crippen MR) is 99.9 cm³/mol. The van der Waals surface area contributed by atoms with Crippen molar-refractivity contribution >= 4 is 23.7 Å². The fraction of sp³-hybridized carbons (Fsp3) is 0.105. The topological polar surface area (TPSA) is 70.1 Å². The third kappa shape index (κ3) is 4.14. The van der Waals surface area contributed by atoms with E-state index in [9.17, 15) is 4.79 Å². The number of aromatic amines is 1. The van der Waals surface area contributed by atoms with Crippen molar-refractivity contribution in [3.05, 3.63) is 76.4 Å². The first-order chi connectivity index (χ1) is 12.2. The largest absolute Gasteiger partial charge is 0.277 e. The number of benzene rings is 2. The third-order valence-corrected chi connectivity index (χ3v) is 4.05. The van der Waals surface area contributed by atoms with Gasteiger partial charge in [-0.2, -0.15) is 10.2 Å². The summed E-state index contributed by atoms with van der Waals surface area (Å²) in [7, 11) is 0. The van der Waals surface area contributed by atoms with E-state index in [1.807, 2.05) is 12.1 Å². The Morgan fingerprint density at radius 1 is 1.20 bits per heavy atom. The van der Waals surface area contributed by atoms with E-state index in [2.05, 4.69) is 39.8 Å². The lowest BCUT2D eigenvalue weighted by Crippen LogP contribution is -2.17. The maximum absolute atomic E-state index is 12.0. The van der Waals surface area contributed by atoms with Crippen LogP contribution in [0, 0.1) is 0 Å². The molecule has 1 aromatic heterocycles. The number of hydrazone groups is 1. The molecule has 0 aliphatic rings. The number of halogens is 1. The van der Waals surface area contributed by atoms with E-state index in [1.165, 1.54) is 5.56 Å². The van der Waals surface area contributed by atoms with Gasteiger partial charge in [0, 0.05) is 21.7 Å². The Bertz CT molecular complexity index is 883. The van der Waals surface area contributed by atoms with Gasteiger partial charge in [0.1, 0.15) is 0 Å². The van der Waals surface area contributed by atoms with Crippen molar-refractivity contribution in [1.29, 1.82) is 0 Å². The molecule has 0 radical (unpaired) electrons. The van der Waals surface area contributed by atoms with Crippen molar-refractivity contribution in [3.63, 3.8) is 0 Å². The molecule has 0 saturated carbocycles. The number of nitrogens with one attached hydrogen (secondary N) is 2. The molecule has 25 heavy (non-hydrogen) atoms. The van der Waals surface area contributed by atoms with Crippen LogP contribution in [0.3, 0.4) is 0 Å². The van der Waals surface area contributed by atoms with Gasteiger partial charge < -0.3 is 0 Å². The van der Waals surface area contributed by atoms with Crippen LogP contribution in [-0.4, -0.2) is 22.3 Å². The number of rotatable bonds is 5. The van der Waals surface area contributed by atoms with Gasteiger partial charge in [0.25, 0.3) is 5.91 Å². The molecule has 2 aromatic carbocycles. The molecule has 0 unspecified atom stereocenters. The highest BCUT2D eigenvalue weighted by Gasteiger charge is 2.07. The average Bonchev–Trinajstić information content (AvgIpc) is 3.11. The first kappa shape index (κ1) is 16.9. The molecule has 0 saturated heterocycles. The smallest absolute Gasteiger partial charge is 0.271 e. The maximum atomic E-state index is 12.0. The number of nitrogens with zero attached hydrogens (tertiary/aromatic N) is 2. The monoisotopic (exact) mass is 352 g/mol. The van der Waals surface area contributed by atoms with E-state index in [1.54, 1.807) is 36.7 Å². The van der Waals surface area contributed by atoms with Gasteiger partial charge in [-0.1, -0.05) is 42.8 Å². The number of hydrogen-bond donors (Lipinski definition) is 2. The Hall–Kier alpha value is -2.92. The molecule has 0 aliphatic heterocycles. The zero-order chi connectivity index (χ0) is 17.6. The molecular weight excluding hydrogens is 336 g/mol. The maximum Gasteiger partial charge on any atom is 0.271 e. The van der Waals surface area contributed by atoms with E-state index >= 15 is 0 Å². The highest BCUT2D eigenvalue weighted by atomic mass is 35.5. The molecule has 1 heterocycles. The van der Waals surface area contributed by atoms with Gasteiger partial charge in [-0.05, 0) is 36.2 Å². The lowest BCUT2D eigenvalue weighted by molar-refractivity contribution is 0.0955. The van der Waals surface area contributed by atoms with Crippen LogP contribution in [0.5, 0.6) is 0 Å². The van der Waals surface area contributed by atoms with Crippen LogP contribution in [0.15, 0.2) is 59.8 Å². The van der Waals surface area contributed by atoms with Gasteiger partial charge in [-0.15, -0.1) is 0 Å². The third-order valence-electron chi connectivity index (χ3n) is 3.80. The second kappa shape index (κ2) is 7.77. The van der Waals surface area contributed by atoms with E-state index in [-0.39, 0.29) is 5.91 Å². The van der Waals surface area contributed by atoms with Crippen LogP contribution < -0.4 is 5.43 Å². The fourth-order valence-corrected chi connectivity index (χ4v) is 2.48. The van der Waals surface area contributed by atoms with Crippen LogP contribution in [0.1, 0.15) is 28.4 Å². The molecule has 3 rings (SSSR count). The Morgan fingerprint density at radius 3 is 2.60 bits per heavy atom.